The van der Waals surface area contributed by atoms with Crippen molar-refractivity contribution in [3.05, 3.63) is 64.5 Å². The van der Waals surface area contributed by atoms with Crippen LogP contribution in [0.3, 0.4) is 0 Å². The molecular formula is C18H12F5N3O. The second-order valence-electron chi connectivity index (χ2n) is 6.45. The normalized spacial score (nSPS) is 24.7. The number of hydrogen-bond acceptors (Lipinski definition) is 3. The summed E-state index contributed by atoms with van der Waals surface area (Å²) in [6.07, 6.45) is -5.78. The lowest BCUT2D eigenvalue weighted by Gasteiger charge is -2.35. The summed E-state index contributed by atoms with van der Waals surface area (Å²) in [6.45, 7) is 0. The van der Waals surface area contributed by atoms with Crippen LogP contribution in [0.2, 0.25) is 0 Å². The Bertz CT molecular complexity index is 999. The SMILES string of the molecule is CN=C1NC(=O)[C@]2(CC(F)(F)c3ccccc32)c2nc(C(F)(F)F)ccc21. The molecule has 0 unspecified atom stereocenters. The molecule has 1 aliphatic heterocycles. The minimum Gasteiger partial charge on any atom is -0.309 e. The van der Waals surface area contributed by atoms with Crippen molar-refractivity contribution >= 4 is 11.7 Å². The fourth-order valence-electron chi connectivity index (χ4n) is 3.81. The maximum Gasteiger partial charge on any atom is 0.433 e. The third kappa shape index (κ3) is 2.30. The summed E-state index contributed by atoms with van der Waals surface area (Å²) in [5.41, 5.74) is -3.97. The topological polar surface area (TPSA) is 54.4 Å². The number of rotatable bonds is 0. The Morgan fingerprint density at radius 2 is 1.78 bits per heavy atom. The molecule has 9 heteroatoms. The van der Waals surface area contributed by atoms with E-state index in [0.717, 1.165) is 12.1 Å². The van der Waals surface area contributed by atoms with E-state index in [-0.39, 0.29) is 28.2 Å². The minimum atomic E-state index is -4.78. The molecule has 4 nitrogen and oxygen atoms in total. The first kappa shape index (κ1) is 17.6. The van der Waals surface area contributed by atoms with E-state index >= 15 is 0 Å². The lowest BCUT2D eigenvalue weighted by atomic mass is 9.73. The second kappa shape index (κ2) is 5.34. The van der Waals surface area contributed by atoms with E-state index in [1.807, 2.05) is 0 Å². The first-order valence-electron chi connectivity index (χ1n) is 7.96. The summed E-state index contributed by atoms with van der Waals surface area (Å²) in [5, 5.41) is 2.45. The number of aliphatic imine (C=N–C) groups is 1. The molecule has 2 heterocycles. The molecule has 1 aromatic heterocycles. The molecule has 27 heavy (non-hydrogen) atoms. The number of amides is 1. The highest BCUT2D eigenvalue weighted by Crippen LogP contribution is 2.56. The monoisotopic (exact) mass is 381 g/mol. The van der Waals surface area contributed by atoms with E-state index < -0.39 is 35.5 Å². The van der Waals surface area contributed by atoms with Gasteiger partial charge in [0.05, 0.1) is 5.69 Å². The molecule has 1 spiro atoms. The van der Waals surface area contributed by atoms with Crippen molar-refractivity contribution in [3.8, 4) is 0 Å². The molecule has 4 rings (SSSR count). The van der Waals surface area contributed by atoms with Gasteiger partial charge in [0.15, 0.2) is 0 Å². The van der Waals surface area contributed by atoms with E-state index in [9.17, 15) is 26.7 Å². The van der Waals surface area contributed by atoms with Gasteiger partial charge >= 0.3 is 6.18 Å². The third-order valence-electron chi connectivity index (χ3n) is 4.96. The zero-order valence-corrected chi connectivity index (χ0v) is 13.9. The first-order chi connectivity index (χ1) is 12.6. The fourth-order valence-corrected chi connectivity index (χ4v) is 3.81. The van der Waals surface area contributed by atoms with Crippen LogP contribution >= 0.6 is 0 Å². The predicted molar refractivity (Wildman–Crippen MR) is 85.6 cm³/mol. The summed E-state index contributed by atoms with van der Waals surface area (Å²) in [4.78, 5) is 20.4. The van der Waals surface area contributed by atoms with Crippen LogP contribution in [0.1, 0.15) is 34.5 Å². The van der Waals surface area contributed by atoms with Gasteiger partial charge in [-0.1, -0.05) is 24.3 Å². The summed E-state index contributed by atoms with van der Waals surface area (Å²) in [5.74, 6) is -4.26. The van der Waals surface area contributed by atoms with Gasteiger partial charge in [-0.05, 0) is 17.7 Å². The Morgan fingerprint density at radius 3 is 2.41 bits per heavy atom. The number of fused-ring (bicyclic) bond motifs is 4. The van der Waals surface area contributed by atoms with Crippen LogP contribution in [0.15, 0.2) is 41.4 Å². The van der Waals surface area contributed by atoms with E-state index in [1.54, 1.807) is 0 Å². The van der Waals surface area contributed by atoms with Crippen molar-refractivity contribution in [2.45, 2.75) is 23.9 Å². The number of halogens is 5. The molecule has 1 aromatic carbocycles. The summed E-state index contributed by atoms with van der Waals surface area (Å²) >= 11 is 0. The zero-order chi connectivity index (χ0) is 19.6. The zero-order valence-electron chi connectivity index (χ0n) is 13.9. The van der Waals surface area contributed by atoms with Gasteiger partial charge in [-0.3, -0.25) is 9.79 Å². The Morgan fingerprint density at radius 1 is 1.11 bits per heavy atom. The largest absolute Gasteiger partial charge is 0.433 e. The molecule has 0 saturated carbocycles. The van der Waals surface area contributed by atoms with Crippen LogP contribution in [0.5, 0.6) is 0 Å². The maximum absolute atomic E-state index is 14.7. The summed E-state index contributed by atoms with van der Waals surface area (Å²) < 4.78 is 69.0. The number of amidine groups is 1. The minimum absolute atomic E-state index is 0.00505. The van der Waals surface area contributed by atoms with Gasteiger partial charge in [0.25, 0.3) is 5.92 Å². The lowest BCUT2D eigenvalue weighted by molar-refractivity contribution is -0.141. The molecular weight excluding hydrogens is 369 g/mol. The van der Waals surface area contributed by atoms with Crippen LogP contribution in [0, 0.1) is 0 Å². The molecule has 0 radical (unpaired) electrons. The number of pyridine rings is 1. The average molecular weight is 381 g/mol. The number of carbonyl (C=O) groups is 1. The quantitative estimate of drug-likeness (QED) is 0.712. The van der Waals surface area contributed by atoms with Crippen LogP contribution in [-0.2, 0) is 22.3 Å². The Balaban J connectivity index is 2.09. The molecule has 1 amide bonds. The number of benzene rings is 1. The van der Waals surface area contributed by atoms with E-state index in [2.05, 4.69) is 15.3 Å². The van der Waals surface area contributed by atoms with Gasteiger partial charge in [-0.2, -0.15) is 13.2 Å². The van der Waals surface area contributed by atoms with Crippen molar-refractivity contribution in [2.24, 2.45) is 4.99 Å². The number of nitrogens with one attached hydrogen (secondary N) is 1. The van der Waals surface area contributed by atoms with Crippen LogP contribution < -0.4 is 5.32 Å². The van der Waals surface area contributed by atoms with Gasteiger partial charge in [-0.25, -0.2) is 13.8 Å². The molecule has 1 N–H and O–H groups in total. The van der Waals surface area contributed by atoms with Crippen LogP contribution in [0.4, 0.5) is 22.0 Å². The number of carbonyl (C=O) groups excluding carboxylic acids is 1. The first-order valence-corrected chi connectivity index (χ1v) is 7.96. The molecule has 0 bridgehead atoms. The van der Waals surface area contributed by atoms with Gasteiger partial charge in [-0.15, -0.1) is 0 Å². The van der Waals surface area contributed by atoms with Crippen LogP contribution in [0.25, 0.3) is 0 Å². The highest BCUT2D eigenvalue weighted by molar-refractivity contribution is 6.16. The van der Waals surface area contributed by atoms with E-state index in [1.165, 1.54) is 31.3 Å². The van der Waals surface area contributed by atoms with Gasteiger partial charge in [0.1, 0.15) is 16.9 Å². The predicted octanol–water partition coefficient (Wildman–Crippen LogP) is 3.39. The molecule has 1 atom stereocenters. The smallest absolute Gasteiger partial charge is 0.309 e. The Kier molecular flexibility index (Phi) is 3.47. The maximum atomic E-state index is 14.7. The Labute approximate surface area is 150 Å². The van der Waals surface area contributed by atoms with E-state index in [0.29, 0.717) is 0 Å². The van der Waals surface area contributed by atoms with Gasteiger partial charge in [0, 0.05) is 24.6 Å². The molecule has 0 saturated heterocycles. The highest BCUT2D eigenvalue weighted by Gasteiger charge is 2.62. The van der Waals surface area contributed by atoms with Crippen molar-refractivity contribution in [2.75, 3.05) is 7.05 Å². The van der Waals surface area contributed by atoms with Gasteiger partial charge in [0.2, 0.25) is 5.91 Å². The number of hydrogen-bond donors (Lipinski definition) is 1. The molecule has 2 aliphatic rings. The average Bonchev–Trinajstić information content (AvgIpc) is 2.86. The lowest BCUT2D eigenvalue weighted by Crippen LogP contribution is -2.53. The molecule has 0 fully saturated rings. The number of nitrogens with zero attached hydrogens (tertiary/aromatic N) is 2. The van der Waals surface area contributed by atoms with Crippen molar-refractivity contribution in [3.63, 3.8) is 0 Å². The fraction of sp³-hybridized carbons (Fsp3) is 0.278. The Hall–Kier alpha value is -2.84. The molecule has 1 aliphatic carbocycles. The standard InChI is InChI=1S/C18H12F5N3O/c1-24-14-9-6-7-12(18(21,22)23)25-13(9)16(15(27)26-14)8-17(19,20)11-5-3-2-4-10(11)16/h2-7H,8H2,1H3,(H,24,26,27)/t16-/m0/s1. The van der Waals surface area contributed by atoms with Crippen molar-refractivity contribution in [1.82, 2.24) is 10.3 Å². The number of alkyl halides is 5. The second-order valence-corrected chi connectivity index (χ2v) is 6.45. The third-order valence-corrected chi connectivity index (χ3v) is 4.96. The molecule has 2 aromatic rings. The summed E-state index contributed by atoms with van der Waals surface area (Å²) in [7, 11) is 1.34. The number of aromatic nitrogens is 1. The highest BCUT2D eigenvalue weighted by atomic mass is 19.4. The van der Waals surface area contributed by atoms with E-state index in [4.69, 9.17) is 0 Å². The van der Waals surface area contributed by atoms with Crippen molar-refractivity contribution in [1.29, 1.82) is 0 Å². The summed E-state index contributed by atoms with van der Waals surface area (Å²) in [6, 6.07) is 7.21. The molecule has 140 valence electrons. The van der Waals surface area contributed by atoms with Gasteiger partial charge < -0.3 is 5.32 Å². The van der Waals surface area contributed by atoms with Crippen LogP contribution in [-0.4, -0.2) is 23.8 Å². The van der Waals surface area contributed by atoms with Crippen molar-refractivity contribution < 1.29 is 26.7 Å².